The van der Waals surface area contributed by atoms with Gasteiger partial charge in [-0.25, -0.2) is 0 Å². The van der Waals surface area contributed by atoms with Crippen LogP contribution in [0.15, 0.2) is 47.2 Å². The van der Waals surface area contributed by atoms with E-state index in [0.717, 1.165) is 12.8 Å². The quantitative estimate of drug-likeness (QED) is 0.887. The highest BCUT2D eigenvalue weighted by Gasteiger charge is 2.28. The second kappa shape index (κ2) is 6.43. The van der Waals surface area contributed by atoms with Crippen molar-refractivity contribution in [1.29, 1.82) is 0 Å². The lowest BCUT2D eigenvalue weighted by molar-refractivity contribution is -0.117. The predicted molar refractivity (Wildman–Crippen MR) is 80.2 cm³/mol. The van der Waals surface area contributed by atoms with E-state index in [1.165, 1.54) is 6.26 Å². The Morgan fingerprint density at radius 2 is 2.00 bits per heavy atom. The van der Waals surface area contributed by atoms with Crippen LogP contribution >= 0.6 is 0 Å². The number of benzene rings is 1. The van der Waals surface area contributed by atoms with Gasteiger partial charge in [-0.2, -0.15) is 0 Å². The molecule has 1 aromatic carbocycles. The van der Waals surface area contributed by atoms with Crippen molar-refractivity contribution in [2.24, 2.45) is 5.92 Å². The summed E-state index contributed by atoms with van der Waals surface area (Å²) in [7, 11) is 0. The van der Waals surface area contributed by atoms with Gasteiger partial charge in [-0.3, -0.25) is 9.59 Å². The highest BCUT2D eigenvalue weighted by Crippen LogP contribution is 2.30. The predicted octanol–water partition coefficient (Wildman–Crippen LogP) is 2.17. The Morgan fingerprint density at radius 3 is 2.64 bits per heavy atom. The molecule has 1 saturated carbocycles. The molecular formula is C16H17N3O3. The van der Waals surface area contributed by atoms with Gasteiger partial charge in [0.2, 0.25) is 5.91 Å². The number of hydrogen-bond acceptors (Lipinski definition) is 4. The molecule has 1 aliphatic rings. The number of amides is 2. The van der Waals surface area contributed by atoms with Gasteiger partial charge in [-0.1, -0.05) is 23.4 Å². The molecule has 0 saturated heterocycles. The molecule has 0 unspecified atom stereocenters. The number of nitrogens with zero attached hydrogens (tertiary/aromatic N) is 2. The van der Waals surface area contributed by atoms with Gasteiger partial charge >= 0.3 is 0 Å². The van der Waals surface area contributed by atoms with Crippen LogP contribution in [0.3, 0.4) is 0 Å². The van der Waals surface area contributed by atoms with Gasteiger partial charge < -0.3 is 14.7 Å². The van der Waals surface area contributed by atoms with E-state index in [4.69, 9.17) is 0 Å². The summed E-state index contributed by atoms with van der Waals surface area (Å²) in [5.41, 5.74) is 0.595. The normalized spacial score (nSPS) is 13.6. The lowest BCUT2D eigenvalue weighted by Gasteiger charge is -2.22. The summed E-state index contributed by atoms with van der Waals surface area (Å²) in [6.45, 7) is 0.622. The minimum atomic E-state index is -0.279. The highest BCUT2D eigenvalue weighted by atomic mass is 16.5. The van der Waals surface area contributed by atoms with E-state index in [-0.39, 0.29) is 18.4 Å². The zero-order valence-corrected chi connectivity index (χ0v) is 12.1. The van der Waals surface area contributed by atoms with Crippen LogP contribution in [0.2, 0.25) is 0 Å². The average Bonchev–Trinajstić information content (AvgIpc) is 3.21. The zero-order chi connectivity index (χ0) is 15.4. The molecule has 6 nitrogen and oxygen atoms in total. The second-order valence-electron chi connectivity index (χ2n) is 5.43. The topological polar surface area (TPSA) is 75.4 Å². The first kappa shape index (κ1) is 14.3. The van der Waals surface area contributed by atoms with Crippen molar-refractivity contribution >= 4 is 17.6 Å². The van der Waals surface area contributed by atoms with Crippen molar-refractivity contribution in [3.63, 3.8) is 0 Å². The maximum atomic E-state index is 12.6. The van der Waals surface area contributed by atoms with Crippen LogP contribution in [0.25, 0.3) is 0 Å². The first-order chi connectivity index (χ1) is 10.7. The van der Waals surface area contributed by atoms with E-state index in [2.05, 4.69) is 15.0 Å². The molecule has 2 amide bonds. The third kappa shape index (κ3) is 3.72. The maximum Gasteiger partial charge on any atom is 0.254 e. The minimum absolute atomic E-state index is 0.0110. The van der Waals surface area contributed by atoms with Gasteiger partial charge in [0, 0.05) is 18.2 Å². The molecule has 0 radical (unpaired) electrons. The van der Waals surface area contributed by atoms with Crippen molar-refractivity contribution in [2.45, 2.75) is 12.8 Å². The highest BCUT2D eigenvalue weighted by molar-refractivity contribution is 5.99. The molecule has 0 aliphatic heterocycles. The molecule has 2 aromatic rings. The van der Waals surface area contributed by atoms with E-state index < -0.39 is 0 Å². The van der Waals surface area contributed by atoms with Crippen LogP contribution < -0.4 is 5.32 Å². The van der Waals surface area contributed by atoms with Gasteiger partial charge in [-0.15, -0.1) is 0 Å². The van der Waals surface area contributed by atoms with Gasteiger partial charge in [-0.05, 0) is 30.9 Å². The average molecular weight is 299 g/mol. The zero-order valence-electron chi connectivity index (χ0n) is 12.1. The Balaban J connectivity index is 1.66. The van der Waals surface area contributed by atoms with Crippen molar-refractivity contribution in [1.82, 2.24) is 10.1 Å². The molecule has 6 heteroatoms. The lowest BCUT2D eigenvalue weighted by Crippen LogP contribution is -2.39. The van der Waals surface area contributed by atoms with Gasteiger partial charge in [0.25, 0.3) is 5.91 Å². The SMILES string of the molecule is O=C(CN(CC1CC1)C(=O)c1ccccc1)Nc1ccon1. The summed E-state index contributed by atoms with van der Waals surface area (Å²) in [6, 6.07) is 10.6. The Labute approximate surface area is 128 Å². The number of carbonyl (C=O) groups is 2. The van der Waals surface area contributed by atoms with Gasteiger partial charge in [0.05, 0.1) is 0 Å². The summed E-state index contributed by atoms with van der Waals surface area (Å²) in [4.78, 5) is 26.2. The lowest BCUT2D eigenvalue weighted by atomic mass is 10.2. The molecule has 3 rings (SSSR count). The fourth-order valence-electron chi connectivity index (χ4n) is 2.23. The van der Waals surface area contributed by atoms with Crippen molar-refractivity contribution < 1.29 is 14.1 Å². The third-order valence-corrected chi connectivity index (χ3v) is 3.52. The van der Waals surface area contributed by atoms with E-state index in [9.17, 15) is 9.59 Å². The van der Waals surface area contributed by atoms with Crippen LogP contribution in [0.5, 0.6) is 0 Å². The van der Waals surface area contributed by atoms with E-state index in [1.807, 2.05) is 18.2 Å². The summed E-state index contributed by atoms with van der Waals surface area (Å²) in [6.07, 6.45) is 3.61. The van der Waals surface area contributed by atoms with E-state index in [0.29, 0.717) is 23.8 Å². The minimum Gasteiger partial charge on any atom is -0.363 e. The number of hydrogen-bond donors (Lipinski definition) is 1. The maximum absolute atomic E-state index is 12.6. The van der Waals surface area contributed by atoms with Crippen LogP contribution in [-0.4, -0.2) is 35.0 Å². The molecule has 0 bridgehead atoms. The molecule has 22 heavy (non-hydrogen) atoms. The van der Waals surface area contributed by atoms with Gasteiger partial charge in [0.1, 0.15) is 12.8 Å². The Bertz CT molecular complexity index is 636. The molecule has 1 heterocycles. The van der Waals surface area contributed by atoms with E-state index in [1.54, 1.807) is 23.1 Å². The summed E-state index contributed by atoms with van der Waals surface area (Å²) in [5, 5.41) is 6.24. The van der Waals surface area contributed by atoms with Gasteiger partial charge in [0.15, 0.2) is 5.82 Å². The molecule has 1 N–H and O–H groups in total. The standard InChI is InChI=1S/C16H17N3O3/c20-15(17-14-8-9-22-18-14)11-19(10-12-6-7-12)16(21)13-4-2-1-3-5-13/h1-5,8-9,12H,6-7,10-11H2,(H,17,18,20). The summed E-state index contributed by atoms with van der Waals surface area (Å²) >= 11 is 0. The molecule has 114 valence electrons. The summed E-state index contributed by atoms with van der Waals surface area (Å²) in [5.74, 6) is 0.456. The number of carbonyl (C=O) groups excluding carboxylic acids is 2. The van der Waals surface area contributed by atoms with Crippen LogP contribution in [0.1, 0.15) is 23.2 Å². The van der Waals surface area contributed by atoms with Crippen LogP contribution in [-0.2, 0) is 4.79 Å². The molecule has 0 spiro atoms. The number of nitrogens with one attached hydrogen (secondary N) is 1. The van der Waals surface area contributed by atoms with Crippen LogP contribution in [0.4, 0.5) is 5.82 Å². The molecule has 0 atom stereocenters. The van der Waals surface area contributed by atoms with Crippen LogP contribution in [0, 0.1) is 5.92 Å². The molecule has 1 aliphatic carbocycles. The number of rotatable bonds is 6. The number of anilines is 1. The second-order valence-corrected chi connectivity index (χ2v) is 5.43. The van der Waals surface area contributed by atoms with Crippen molar-refractivity contribution in [3.05, 3.63) is 48.2 Å². The Hall–Kier alpha value is -2.63. The van der Waals surface area contributed by atoms with E-state index >= 15 is 0 Å². The fourth-order valence-corrected chi connectivity index (χ4v) is 2.23. The third-order valence-electron chi connectivity index (χ3n) is 3.52. The monoisotopic (exact) mass is 299 g/mol. The Kier molecular flexibility index (Phi) is 4.18. The molecule has 1 fully saturated rings. The molecular weight excluding hydrogens is 282 g/mol. The first-order valence-electron chi connectivity index (χ1n) is 7.27. The summed E-state index contributed by atoms with van der Waals surface area (Å²) < 4.78 is 4.67. The molecule has 1 aromatic heterocycles. The van der Waals surface area contributed by atoms with Crippen molar-refractivity contribution in [3.8, 4) is 0 Å². The first-order valence-corrected chi connectivity index (χ1v) is 7.27. The van der Waals surface area contributed by atoms with Crippen molar-refractivity contribution in [2.75, 3.05) is 18.4 Å². The largest absolute Gasteiger partial charge is 0.363 e. The Morgan fingerprint density at radius 1 is 1.23 bits per heavy atom. The number of aromatic nitrogens is 1. The smallest absolute Gasteiger partial charge is 0.254 e. The fraction of sp³-hybridized carbons (Fsp3) is 0.312.